The van der Waals surface area contributed by atoms with Crippen molar-refractivity contribution in [3.05, 3.63) is 278 Å². The Kier molecular flexibility index (Phi) is 10.2. The average molecular weight is 1020 g/mol. The molecule has 4 heterocycles. The lowest BCUT2D eigenvalue weighted by Gasteiger charge is -2.35. The molecule has 0 bridgehead atoms. The molecule has 0 fully saturated rings. The van der Waals surface area contributed by atoms with Crippen LogP contribution in [0.2, 0.25) is 0 Å². The van der Waals surface area contributed by atoms with Crippen molar-refractivity contribution in [1.82, 2.24) is 28.7 Å². The molecule has 6 nitrogen and oxygen atoms in total. The molecule has 0 spiro atoms. The van der Waals surface area contributed by atoms with Crippen LogP contribution in [0.3, 0.4) is 0 Å². The summed E-state index contributed by atoms with van der Waals surface area (Å²) in [5, 5.41) is 5.82. The van der Waals surface area contributed by atoms with Crippen molar-refractivity contribution in [3.63, 3.8) is 0 Å². The normalized spacial score (nSPS) is 12.7. The van der Waals surface area contributed by atoms with Crippen molar-refractivity contribution in [1.29, 1.82) is 0 Å². The van der Waals surface area contributed by atoms with E-state index in [2.05, 4.69) is 294 Å². The lowest BCUT2D eigenvalue weighted by Crippen LogP contribution is -2.24. The fourth-order valence-electron chi connectivity index (χ4n) is 12.9. The minimum absolute atomic E-state index is 0.248. The summed E-state index contributed by atoms with van der Waals surface area (Å²) in [5.74, 6) is 1.54. The first-order valence-electron chi connectivity index (χ1n) is 27.4. The second-order valence-corrected chi connectivity index (χ2v) is 21.6. The summed E-state index contributed by atoms with van der Waals surface area (Å²) in [7, 11) is 0. The van der Waals surface area contributed by atoms with Crippen molar-refractivity contribution >= 4 is 54.5 Å². The Morgan fingerprint density at radius 3 is 1.49 bits per heavy atom. The smallest absolute Gasteiger partial charge is 0.235 e. The highest BCUT2D eigenvalue weighted by molar-refractivity contribution is 6.13. The maximum atomic E-state index is 5.56. The zero-order valence-corrected chi connectivity index (χ0v) is 44.1. The van der Waals surface area contributed by atoms with Gasteiger partial charge >= 0.3 is 0 Å². The number of nitrogens with zero attached hydrogens (tertiary/aromatic N) is 6. The first-order valence-corrected chi connectivity index (χ1v) is 27.4. The van der Waals surface area contributed by atoms with Crippen LogP contribution in [0.15, 0.2) is 267 Å². The number of hydrogen-bond donors (Lipinski definition) is 0. The molecule has 376 valence electrons. The van der Waals surface area contributed by atoms with Crippen LogP contribution < -0.4 is 0 Å². The van der Waals surface area contributed by atoms with E-state index in [4.69, 9.17) is 15.0 Å². The molecule has 1 aliphatic carbocycles. The molecule has 0 N–H and O–H groups in total. The fourth-order valence-corrected chi connectivity index (χ4v) is 12.9. The van der Waals surface area contributed by atoms with Gasteiger partial charge in [-0.15, -0.1) is 0 Å². The van der Waals surface area contributed by atoms with Gasteiger partial charge in [-0.05, 0) is 118 Å². The quantitative estimate of drug-likeness (QED) is 0.152. The van der Waals surface area contributed by atoms with Gasteiger partial charge in [0.2, 0.25) is 5.95 Å². The minimum Gasteiger partial charge on any atom is -0.309 e. The topological polar surface area (TPSA) is 53.5 Å². The molecule has 16 rings (SSSR count). The molecule has 6 heteroatoms. The number of hydrogen-bond acceptors (Lipinski definition) is 3. The largest absolute Gasteiger partial charge is 0.309 e. The van der Waals surface area contributed by atoms with Crippen LogP contribution >= 0.6 is 0 Å². The van der Waals surface area contributed by atoms with E-state index < -0.39 is 0 Å². The van der Waals surface area contributed by atoms with Crippen LogP contribution in [0.4, 0.5) is 0 Å². The minimum atomic E-state index is -0.248. The van der Waals surface area contributed by atoms with Gasteiger partial charge in [0, 0.05) is 66.0 Å². The zero-order valence-electron chi connectivity index (χ0n) is 44.1. The second-order valence-electron chi connectivity index (χ2n) is 21.6. The first-order chi connectivity index (χ1) is 39.4. The van der Waals surface area contributed by atoms with Crippen LogP contribution in [-0.2, 0) is 5.41 Å². The number of imidazole rings is 1. The summed E-state index contributed by atoms with van der Waals surface area (Å²) in [5.41, 5.74) is 21.7. The third kappa shape index (κ3) is 7.02. The van der Waals surface area contributed by atoms with Crippen LogP contribution in [-0.4, -0.2) is 28.7 Å². The van der Waals surface area contributed by atoms with Crippen LogP contribution in [0.25, 0.3) is 139 Å². The van der Waals surface area contributed by atoms with Crippen molar-refractivity contribution in [2.45, 2.75) is 19.3 Å². The molecule has 1 aliphatic rings. The fraction of sp³-hybridized carbons (Fsp3) is 0.0405. The van der Waals surface area contributed by atoms with Gasteiger partial charge in [-0.25, -0.2) is 15.0 Å². The van der Waals surface area contributed by atoms with Gasteiger partial charge in [-0.3, -0.25) is 9.13 Å². The molecular formula is C74H50N6. The van der Waals surface area contributed by atoms with Crippen LogP contribution in [0, 0.1) is 0 Å². The Balaban J connectivity index is 0.817. The summed E-state index contributed by atoms with van der Waals surface area (Å²) < 4.78 is 6.97. The Morgan fingerprint density at radius 2 is 0.825 bits per heavy atom. The number of rotatable bonds is 8. The van der Waals surface area contributed by atoms with E-state index in [1.54, 1.807) is 0 Å². The molecular weight excluding hydrogens is 973 g/mol. The van der Waals surface area contributed by atoms with E-state index in [1.807, 2.05) is 0 Å². The van der Waals surface area contributed by atoms with Gasteiger partial charge in [0.1, 0.15) is 5.82 Å². The van der Waals surface area contributed by atoms with Crippen LogP contribution in [0.1, 0.15) is 25.0 Å². The van der Waals surface area contributed by atoms with E-state index in [9.17, 15) is 0 Å². The van der Waals surface area contributed by atoms with Crippen LogP contribution in [0.5, 0.6) is 0 Å². The Bertz CT molecular complexity index is 4930. The molecule has 0 atom stereocenters. The van der Waals surface area contributed by atoms with Crippen molar-refractivity contribution in [2.75, 3.05) is 0 Å². The van der Waals surface area contributed by atoms with Crippen molar-refractivity contribution in [3.8, 4) is 84.7 Å². The lowest BCUT2D eigenvalue weighted by atomic mass is 9.69. The van der Waals surface area contributed by atoms with E-state index in [1.165, 1.54) is 27.5 Å². The Morgan fingerprint density at radius 1 is 0.312 bits per heavy atom. The molecule has 0 aliphatic heterocycles. The van der Waals surface area contributed by atoms with Gasteiger partial charge < -0.3 is 4.57 Å². The SMILES string of the molecule is CC1(C)c2ccccc2-c2nc(-n3c4ccccc4c4cc(-c5ccc6c(c5)c5ccccc5n6-c5ccc(-c6nc(-c7ccccc7)c(-c7ccccc7)n6-c6ccccc6)cc5)ccc43)nc3cc(-c4ccccc4)cc1c23. The number of para-hydroxylation sites is 3. The standard InChI is InChI=1S/C74H50N6/c1-74(2)61-32-18-15-31-58(61)70-68-62(74)45-53(47-21-7-3-8-22-47)46-63(68)75-73(77-70)80-65-34-20-17-30-57(65)60-44-52(38-42-67(60)80)51-37-41-66-59(43-51)56-29-16-19-33-64(56)78(66)55-39-35-50(36-40-55)72-76-69(48-23-9-4-10-24-48)71(49-25-11-5-12-26-49)79(72)54-27-13-6-14-28-54/h3-46H,1-2H3. The summed E-state index contributed by atoms with van der Waals surface area (Å²) in [6, 6.07) is 96.0. The maximum absolute atomic E-state index is 5.56. The average Bonchev–Trinajstić information content (AvgIpc) is 4.33. The van der Waals surface area contributed by atoms with Gasteiger partial charge in [0.05, 0.1) is 44.7 Å². The molecule has 4 aromatic heterocycles. The highest BCUT2D eigenvalue weighted by atomic mass is 15.2. The summed E-state index contributed by atoms with van der Waals surface area (Å²) in [6.07, 6.45) is 0. The Hall–Kier alpha value is -10.4. The van der Waals surface area contributed by atoms with Gasteiger partial charge in [-0.2, -0.15) is 0 Å². The van der Waals surface area contributed by atoms with E-state index in [0.717, 1.165) is 117 Å². The lowest BCUT2D eigenvalue weighted by molar-refractivity contribution is 0.644. The van der Waals surface area contributed by atoms with Gasteiger partial charge in [0.25, 0.3) is 0 Å². The molecule has 0 amide bonds. The maximum Gasteiger partial charge on any atom is 0.235 e. The number of fused-ring (bicyclic) bond motifs is 8. The van der Waals surface area contributed by atoms with E-state index in [0.29, 0.717) is 5.95 Å². The first kappa shape index (κ1) is 45.7. The zero-order chi connectivity index (χ0) is 53.1. The predicted octanol–water partition coefficient (Wildman–Crippen LogP) is 18.7. The molecule has 15 aromatic rings. The highest BCUT2D eigenvalue weighted by Crippen LogP contribution is 2.50. The number of benzene rings is 11. The number of aromatic nitrogens is 6. The summed E-state index contributed by atoms with van der Waals surface area (Å²) in [6.45, 7) is 4.66. The molecule has 0 saturated heterocycles. The van der Waals surface area contributed by atoms with Gasteiger partial charge in [-0.1, -0.05) is 196 Å². The van der Waals surface area contributed by atoms with E-state index >= 15 is 0 Å². The molecule has 0 radical (unpaired) electrons. The molecule has 80 heavy (non-hydrogen) atoms. The summed E-state index contributed by atoms with van der Waals surface area (Å²) in [4.78, 5) is 16.6. The molecule has 0 unspecified atom stereocenters. The monoisotopic (exact) mass is 1020 g/mol. The van der Waals surface area contributed by atoms with Crippen molar-refractivity contribution in [2.24, 2.45) is 0 Å². The third-order valence-electron chi connectivity index (χ3n) is 16.7. The highest BCUT2D eigenvalue weighted by Gasteiger charge is 2.36. The molecule has 11 aromatic carbocycles. The summed E-state index contributed by atoms with van der Waals surface area (Å²) >= 11 is 0. The Labute approximate surface area is 462 Å². The predicted molar refractivity (Wildman–Crippen MR) is 330 cm³/mol. The van der Waals surface area contributed by atoms with Gasteiger partial charge in [0.15, 0.2) is 0 Å². The third-order valence-corrected chi connectivity index (χ3v) is 16.7. The second kappa shape index (κ2) is 17.8. The van der Waals surface area contributed by atoms with Crippen molar-refractivity contribution < 1.29 is 0 Å². The van der Waals surface area contributed by atoms with E-state index in [-0.39, 0.29) is 5.41 Å². The molecule has 0 saturated carbocycles.